The van der Waals surface area contributed by atoms with Crippen LogP contribution in [0.25, 0.3) is 0 Å². The summed E-state index contributed by atoms with van der Waals surface area (Å²) in [6, 6.07) is 4.93. The third-order valence-electron chi connectivity index (χ3n) is 4.37. The predicted octanol–water partition coefficient (Wildman–Crippen LogP) is 3.68. The molecule has 1 aliphatic heterocycles. The normalized spacial score (nSPS) is 16.7. The molecule has 1 atom stereocenters. The third kappa shape index (κ3) is 6.31. The Morgan fingerprint density at radius 1 is 1.41 bits per heavy atom. The van der Waals surface area contributed by atoms with Crippen LogP contribution in [0.2, 0.25) is 5.82 Å². The van der Waals surface area contributed by atoms with Crippen molar-refractivity contribution in [3.05, 3.63) is 29.3 Å². The number of esters is 1. The zero-order valence-electron chi connectivity index (χ0n) is 15.8. The number of hydrogen-bond donors (Lipinski definition) is 1. The van der Waals surface area contributed by atoms with Gasteiger partial charge < -0.3 is 14.4 Å². The number of halogens is 2. The molecule has 0 amide bonds. The van der Waals surface area contributed by atoms with Crippen LogP contribution in [0.15, 0.2) is 18.2 Å². The molecule has 8 heteroatoms. The van der Waals surface area contributed by atoms with Gasteiger partial charge in [-0.05, 0) is 37.3 Å². The summed E-state index contributed by atoms with van der Waals surface area (Å²) in [5, 5.41) is 10.2. The highest BCUT2D eigenvalue weighted by Gasteiger charge is 2.39. The Morgan fingerprint density at radius 2 is 2.11 bits per heavy atom. The molecule has 1 heterocycles. The lowest BCUT2D eigenvalue weighted by molar-refractivity contribution is -0.125. The fourth-order valence-electron chi connectivity index (χ4n) is 2.99. The second-order valence-corrected chi connectivity index (χ2v) is 7.57. The molecule has 0 radical (unpaired) electrons. The van der Waals surface area contributed by atoms with Gasteiger partial charge in [0.1, 0.15) is 17.1 Å². The highest BCUT2D eigenvalue weighted by molar-refractivity contribution is 6.47. The number of ether oxygens (including phenoxy) is 1. The Bertz CT molecular complexity index is 687. The molecule has 148 valence electrons. The van der Waals surface area contributed by atoms with Crippen LogP contribution in [0.5, 0.6) is 5.75 Å². The molecule has 2 rings (SSSR count). The number of alkyl halides is 2. The average molecular weight is 382 g/mol. The lowest BCUT2D eigenvalue weighted by Gasteiger charge is -2.28. The van der Waals surface area contributed by atoms with E-state index in [1.807, 2.05) is 13.8 Å². The summed E-state index contributed by atoms with van der Waals surface area (Å²) in [5.41, 5.74) is 0.847. The van der Waals surface area contributed by atoms with Gasteiger partial charge in [-0.3, -0.25) is 4.79 Å². The molecule has 0 saturated heterocycles. The number of benzene rings is 1. The van der Waals surface area contributed by atoms with Crippen molar-refractivity contribution in [1.82, 2.24) is 0 Å². The van der Waals surface area contributed by atoms with E-state index >= 15 is 0 Å². The molecule has 0 saturated carbocycles. The molecule has 0 spiro atoms. The zero-order valence-corrected chi connectivity index (χ0v) is 15.8. The van der Waals surface area contributed by atoms with E-state index < -0.39 is 37.0 Å². The van der Waals surface area contributed by atoms with E-state index in [0.717, 1.165) is 6.42 Å². The standard InChI is InChI=1S/C19H25BF2O5/c1-12(2)7-8-26-18(24)16-6-4-5-13-9-14(20(25)27-17(13)16)10-15(23)11-19(3,21)22/h4-6,12,14,25H,7-11H2,1-3H3/t14-/m1/s1. The number of rotatable bonds is 8. The second kappa shape index (κ2) is 8.82. The van der Waals surface area contributed by atoms with Crippen LogP contribution in [0.3, 0.4) is 0 Å². The summed E-state index contributed by atoms with van der Waals surface area (Å²) in [5.74, 6) is -4.27. The van der Waals surface area contributed by atoms with Gasteiger partial charge in [0.2, 0.25) is 0 Å². The van der Waals surface area contributed by atoms with Crippen molar-refractivity contribution in [2.24, 2.45) is 5.92 Å². The van der Waals surface area contributed by atoms with E-state index in [2.05, 4.69) is 0 Å². The largest absolute Gasteiger partial charge is 0.535 e. The summed E-state index contributed by atoms with van der Waals surface area (Å²) >= 11 is 0. The first-order valence-electron chi connectivity index (χ1n) is 9.10. The summed E-state index contributed by atoms with van der Waals surface area (Å²) in [4.78, 5) is 24.1. The Morgan fingerprint density at radius 3 is 2.74 bits per heavy atom. The van der Waals surface area contributed by atoms with Crippen molar-refractivity contribution in [3.8, 4) is 5.75 Å². The highest BCUT2D eigenvalue weighted by atomic mass is 19.3. The fraction of sp³-hybridized carbons (Fsp3) is 0.579. The van der Waals surface area contributed by atoms with Crippen LogP contribution in [0.1, 0.15) is 56.0 Å². The molecule has 0 fully saturated rings. The molecule has 5 nitrogen and oxygen atoms in total. The van der Waals surface area contributed by atoms with Gasteiger partial charge in [0.05, 0.1) is 13.0 Å². The quantitative estimate of drug-likeness (QED) is 0.549. The Kier molecular flexibility index (Phi) is 6.97. The van der Waals surface area contributed by atoms with Gasteiger partial charge in [-0.2, -0.15) is 0 Å². The molecule has 1 aromatic carbocycles. The lowest BCUT2D eigenvalue weighted by Crippen LogP contribution is -2.36. The van der Waals surface area contributed by atoms with Gasteiger partial charge in [-0.25, -0.2) is 13.6 Å². The van der Waals surface area contributed by atoms with E-state index in [0.29, 0.717) is 18.4 Å². The zero-order chi connectivity index (χ0) is 20.2. The minimum absolute atomic E-state index is 0.208. The number of hydrogen-bond acceptors (Lipinski definition) is 5. The van der Waals surface area contributed by atoms with Gasteiger partial charge in [0.15, 0.2) is 0 Å². The van der Waals surface area contributed by atoms with Crippen LogP contribution >= 0.6 is 0 Å². The first-order chi connectivity index (χ1) is 12.6. The first kappa shape index (κ1) is 21.3. The van der Waals surface area contributed by atoms with Crippen LogP contribution in [0, 0.1) is 5.92 Å². The first-order valence-corrected chi connectivity index (χ1v) is 9.10. The summed E-state index contributed by atoms with van der Waals surface area (Å²) in [6.45, 7) is 5.01. The molecule has 1 N–H and O–H groups in total. The van der Waals surface area contributed by atoms with Crippen LogP contribution < -0.4 is 4.65 Å². The molecular weight excluding hydrogens is 357 g/mol. The van der Waals surface area contributed by atoms with Gasteiger partial charge in [-0.15, -0.1) is 0 Å². The van der Waals surface area contributed by atoms with Gasteiger partial charge in [0.25, 0.3) is 5.92 Å². The number of carbonyl (C=O) groups excluding carboxylic acids is 2. The summed E-state index contributed by atoms with van der Waals surface area (Å²) in [6.07, 6.45) is -0.0977. The van der Waals surface area contributed by atoms with Crippen LogP contribution in [-0.4, -0.2) is 36.4 Å². The van der Waals surface area contributed by atoms with Crippen LogP contribution in [-0.2, 0) is 16.0 Å². The second-order valence-electron chi connectivity index (χ2n) is 7.57. The van der Waals surface area contributed by atoms with Crippen molar-refractivity contribution in [2.75, 3.05) is 6.61 Å². The maximum atomic E-state index is 13.0. The maximum absolute atomic E-state index is 13.0. The third-order valence-corrected chi connectivity index (χ3v) is 4.37. The van der Waals surface area contributed by atoms with Gasteiger partial charge >= 0.3 is 13.1 Å². The average Bonchev–Trinajstić information content (AvgIpc) is 2.52. The van der Waals surface area contributed by atoms with Crippen molar-refractivity contribution in [2.45, 2.75) is 58.2 Å². The van der Waals surface area contributed by atoms with Crippen molar-refractivity contribution in [3.63, 3.8) is 0 Å². The molecule has 0 bridgehead atoms. The van der Waals surface area contributed by atoms with E-state index in [1.165, 1.54) is 0 Å². The monoisotopic (exact) mass is 382 g/mol. The number of Topliss-reactive ketones (excluding diaryl/α,β-unsaturated/α-hetero) is 1. The Hall–Kier alpha value is -1.96. The highest BCUT2D eigenvalue weighted by Crippen LogP contribution is 2.37. The van der Waals surface area contributed by atoms with E-state index in [9.17, 15) is 23.4 Å². The van der Waals surface area contributed by atoms with Crippen LogP contribution in [0.4, 0.5) is 8.78 Å². The number of ketones is 1. The SMILES string of the molecule is CC(C)CCOC(=O)c1cccc2c1OB(O)[C@@H](CC(=O)CC(C)(F)F)C2. The summed E-state index contributed by atoms with van der Waals surface area (Å²) < 4.78 is 36.7. The smallest absolute Gasteiger partial charge is 0.526 e. The molecule has 1 aromatic rings. The number of para-hydroxylation sites is 1. The molecule has 0 unspecified atom stereocenters. The Balaban J connectivity index is 2.07. The Labute approximate surface area is 158 Å². The molecular formula is C19H25BF2O5. The lowest BCUT2D eigenvalue weighted by atomic mass is 9.64. The van der Waals surface area contributed by atoms with E-state index in [-0.39, 0.29) is 30.8 Å². The van der Waals surface area contributed by atoms with Gasteiger partial charge in [0, 0.05) is 12.2 Å². The van der Waals surface area contributed by atoms with Gasteiger partial charge in [-0.1, -0.05) is 26.0 Å². The minimum atomic E-state index is -3.08. The number of fused-ring (bicyclic) bond motifs is 1. The molecule has 0 aromatic heterocycles. The molecule has 0 aliphatic carbocycles. The molecule has 1 aliphatic rings. The van der Waals surface area contributed by atoms with E-state index in [1.54, 1.807) is 18.2 Å². The maximum Gasteiger partial charge on any atom is 0.526 e. The van der Waals surface area contributed by atoms with E-state index in [4.69, 9.17) is 9.39 Å². The van der Waals surface area contributed by atoms with Crippen molar-refractivity contribution in [1.29, 1.82) is 0 Å². The number of carbonyl (C=O) groups is 2. The fourth-order valence-corrected chi connectivity index (χ4v) is 2.99. The summed E-state index contributed by atoms with van der Waals surface area (Å²) in [7, 11) is -1.35. The molecule has 27 heavy (non-hydrogen) atoms. The predicted molar refractivity (Wildman–Crippen MR) is 97.1 cm³/mol. The van der Waals surface area contributed by atoms with Crippen molar-refractivity contribution < 1.29 is 32.8 Å². The minimum Gasteiger partial charge on any atom is -0.535 e. The van der Waals surface area contributed by atoms with Crippen molar-refractivity contribution >= 4 is 18.9 Å². The topological polar surface area (TPSA) is 72.8 Å².